The molecule has 0 bridgehead atoms. The van der Waals surface area contributed by atoms with Crippen molar-refractivity contribution in [2.75, 3.05) is 0 Å². The molecule has 0 spiro atoms. The van der Waals surface area contributed by atoms with Gasteiger partial charge in [0.25, 0.3) is 0 Å². The molecule has 1 atom stereocenters. The molecule has 0 aromatic heterocycles. The molecule has 1 aromatic rings. The highest BCUT2D eigenvalue weighted by Crippen LogP contribution is 2.29. The van der Waals surface area contributed by atoms with Crippen LogP contribution in [0.15, 0.2) is 23.4 Å². The van der Waals surface area contributed by atoms with Crippen LogP contribution in [0.2, 0.25) is 0 Å². The normalized spacial score (nSPS) is 21.1. The molecule has 1 aliphatic rings. The first-order valence-electron chi connectivity index (χ1n) is 5.09. The maximum absolute atomic E-state index is 8.69. The molecule has 0 radical (unpaired) electrons. The standard InChI is InChI=1S/C11H15N3O/c12-10-6-2-3-7-8(10)4-1-5-9(7)11(13)14-15/h1,4-5,10,15H,2-3,6,12H2,(H2,13,14)/t10-/m1/s1. The van der Waals surface area contributed by atoms with Crippen LogP contribution in [-0.2, 0) is 6.42 Å². The molecular formula is C11H15N3O. The Kier molecular flexibility index (Phi) is 2.60. The summed E-state index contributed by atoms with van der Waals surface area (Å²) in [5, 5.41) is 11.7. The van der Waals surface area contributed by atoms with Gasteiger partial charge in [-0.3, -0.25) is 0 Å². The van der Waals surface area contributed by atoms with Gasteiger partial charge in [0.05, 0.1) is 0 Å². The first kappa shape index (κ1) is 9.98. The smallest absolute Gasteiger partial charge is 0.170 e. The minimum absolute atomic E-state index is 0.0835. The van der Waals surface area contributed by atoms with Gasteiger partial charge in [-0.15, -0.1) is 0 Å². The highest BCUT2D eigenvalue weighted by Gasteiger charge is 2.20. The molecule has 5 N–H and O–H groups in total. The topological polar surface area (TPSA) is 84.6 Å². The molecule has 4 nitrogen and oxygen atoms in total. The number of hydrogen-bond acceptors (Lipinski definition) is 3. The zero-order valence-electron chi connectivity index (χ0n) is 8.48. The van der Waals surface area contributed by atoms with Crippen LogP contribution in [0.5, 0.6) is 0 Å². The molecule has 4 heteroatoms. The SMILES string of the molecule is NC(=NO)c1cccc2c1CCC[C@H]2N. The van der Waals surface area contributed by atoms with Gasteiger partial charge in [-0.25, -0.2) is 0 Å². The van der Waals surface area contributed by atoms with E-state index in [2.05, 4.69) is 5.16 Å². The molecule has 2 rings (SSSR count). The summed E-state index contributed by atoms with van der Waals surface area (Å²) < 4.78 is 0. The zero-order chi connectivity index (χ0) is 10.8. The second-order valence-corrected chi connectivity index (χ2v) is 3.86. The van der Waals surface area contributed by atoms with Crippen LogP contribution < -0.4 is 11.5 Å². The summed E-state index contributed by atoms with van der Waals surface area (Å²) in [6.07, 6.45) is 3.02. The van der Waals surface area contributed by atoms with Gasteiger partial charge in [0, 0.05) is 11.6 Å². The summed E-state index contributed by atoms with van der Waals surface area (Å²) in [5.74, 6) is 0.168. The lowest BCUT2D eigenvalue weighted by atomic mass is 9.85. The van der Waals surface area contributed by atoms with Crippen molar-refractivity contribution in [1.82, 2.24) is 0 Å². The van der Waals surface area contributed by atoms with Crippen molar-refractivity contribution < 1.29 is 5.21 Å². The lowest BCUT2D eigenvalue weighted by Gasteiger charge is -2.24. The van der Waals surface area contributed by atoms with Crippen LogP contribution in [0.4, 0.5) is 0 Å². The third-order valence-corrected chi connectivity index (χ3v) is 2.94. The lowest BCUT2D eigenvalue weighted by molar-refractivity contribution is 0.318. The Labute approximate surface area is 88.6 Å². The molecule has 0 unspecified atom stereocenters. The maximum Gasteiger partial charge on any atom is 0.170 e. The second kappa shape index (κ2) is 3.90. The number of fused-ring (bicyclic) bond motifs is 1. The van der Waals surface area contributed by atoms with Gasteiger partial charge in [0.2, 0.25) is 0 Å². The summed E-state index contributed by atoms with van der Waals surface area (Å²) in [4.78, 5) is 0. The van der Waals surface area contributed by atoms with E-state index in [1.54, 1.807) is 0 Å². The molecule has 0 saturated carbocycles. The van der Waals surface area contributed by atoms with Gasteiger partial charge < -0.3 is 16.7 Å². The number of rotatable bonds is 1. The first-order valence-corrected chi connectivity index (χ1v) is 5.09. The first-order chi connectivity index (χ1) is 7.24. The minimum atomic E-state index is 0.0835. The van der Waals surface area contributed by atoms with Gasteiger partial charge >= 0.3 is 0 Å². The molecule has 1 aliphatic carbocycles. The predicted octanol–water partition coefficient (Wildman–Crippen LogP) is 1.12. The van der Waals surface area contributed by atoms with Gasteiger partial charge in [-0.05, 0) is 30.4 Å². The Morgan fingerprint density at radius 2 is 2.27 bits per heavy atom. The Morgan fingerprint density at radius 1 is 1.47 bits per heavy atom. The largest absolute Gasteiger partial charge is 0.409 e. The Hall–Kier alpha value is -1.55. The summed E-state index contributed by atoms with van der Waals surface area (Å²) in [7, 11) is 0. The highest BCUT2D eigenvalue weighted by atomic mass is 16.4. The van der Waals surface area contributed by atoms with Crippen molar-refractivity contribution in [3.63, 3.8) is 0 Å². The van der Waals surface area contributed by atoms with Crippen LogP contribution in [0, 0.1) is 0 Å². The number of hydrogen-bond donors (Lipinski definition) is 3. The molecular weight excluding hydrogens is 190 g/mol. The van der Waals surface area contributed by atoms with Gasteiger partial charge in [0.1, 0.15) is 0 Å². The van der Waals surface area contributed by atoms with E-state index < -0.39 is 0 Å². The summed E-state index contributed by atoms with van der Waals surface area (Å²) in [6.45, 7) is 0. The Bertz CT molecular complexity index is 401. The summed E-state index contributed by atoms with van der Waals surface area (Å²) in [6, 6.07) is 5.87. The number of nitrogens with zero attached hydrogens (tertiary/aromatic N) is 1. The van der Waals surface area contributed by atoms with E-state index in [9.17, 15) is 0 Å². The van der Waals surface area contributed by atoms with Crippen LogP contribution in [0.1, 0.15) is 35.6 Å². The van der Waals surface area contributed by atoms with E-state index in [0.717, 1.165) is 36.0 Å². The number of amidine groups is 1. The fraction of sp³-hybridized carbons (Fsp3) is 0.364. The van der Waals surface area contributed by atoms with Crippen molar-refractivity contribution in [1.29, 1.82) is 0 Å². The van der Waals surface area contributed by atoms with Crippen LogP contribution in [0.25, 0.3) is 0 Å². The lowest BCUT2D eigenvalue weighted by Crippen LogP contribution is -2.22. The van der Waals surface area contributed by atoms with Crippen LogP contribution in [0.3, 0.4) is 0 Å². The summed E-state index contributed by atoms with van der Waals surface area (Å²) >= 11 is 0. The van der Waals surface area contributed by atoms with Crippen LogP contribution in [-0.4, -0.2) is 11.0 Å². The van der Waals surface area contributed by atoms with E-state index in [1.807, 2.05) is 18.2 Å². The highest BCUT2D eigenvalue weighted by molar-refractivity contribution is 5.98. The predicted molar refractivity (Wildman–Crippen MR) is 58.8 cm³/mol. The third-order valence-electron chi connectivity index (χ3n) is 2.94. The minimum Gasteiger partial charge on any atom is -0.409 e. The van der Waals surface area contributed by atoms with E-state index in [0.29, 0.717) is 0 Å². The van der Waals surface area contributed by atoms with E-state index in [4.69, 9.17) is 16.7 Å². The maximum atomic E-state index is 8.69. The number of oxime groups is 1. The average Bonchev–Trinajstić information content (AvgIpc) is 2.28. The summed E-state index contributed by atoms with van der Waals surface area (Å²) in [5.41, 5.74) is 14.7. The molecule has 80 valence electrons. The number of nitrogens with two attached hydrogens (primary N) is 2. The Balaban J connectivity index is 2.54. The average molecular weight is 205 g/mol. The van der Waals surface area contributed by atoms with E-state index in [1.165, 1.54) is 0 Å². The van der Waals surface area contributed by atoms with Crippen molar-refractivity contribution in [2.24, 2.45) is 16.6 Å². The molecule has 0 heterocycles. The van der Waals surface area contributed by atoms with Crippen molar-refractivity contribution in [3.05, 3.63) is 34.9 Å². The second-order valence-electron chi connectivity index (χ2n) is 3.86. The molecule has 0 fully saturated rings. The van der Waals surface area contributed by atoms with Gasteiger partial charge in [0.15, 0.2) is 5.84 Å². The zero-order valence-corrected chi connectivity index (χ0v) is 8.48. The van der Waals surface area contributed by atoms with Gasteiger partial charge in [-0.2, -0.15) is 0 Å². The molecule has 15 heavy (non-hydrogen) atoms. The fourth-order valence-corrected chi connectivity index (χ4v) is 2.18. The van der Waals surface area contributed by atoms with E-state index in [-0.39, 0.29) is 11.9 Å². The van der Waals surface area contributed by atoms with Gasteiger partial charge in [-0.1, -0.05) is 23.4 Å². The molecule has 0 amide bonds. The molecule has 1 aromatic carbocycles. The Morgan fingerprint density at radius 3 is 3.00 bits per heavy atom. The fourth-order valence-electron chi connectivity index (χ4n) is 2.18. The third kappa shape index (κ3) is 1.68. The molecule has 0 aliphatic heterocycles. The van der Waals surface area contributed by atoms with Crippen molar-refractivity contribution >= 4 is 5.84 Å². The number of benzene rings is 1. The van der Waals surface area contributed by atoms with Crippen LogP contribution >= 0.6 is 0 Å². The quantitative estimate of drug-likeness (QED) is 0.278. The van der Waals surface area contributed by atoms with Crippen molar-refractivity contribution in [3.8, 4) is 0 Å². The molecule has 0 saturated heterocycles. The monoisotopic (exact) mass is 205 g/mol. The van der Waals surface area contributed by atoms with Crippen molar-refractivity contribution in [2.45, 2.75) is 25.3 Å². The van der Waals surface area contributed by atoms with E-state index >= 15 is 0 Å².